The molecule has 2 aromatic carbocycles. The maximum Gasteiger partial charge on any atom is 0.330 e. The molecule has 2 aromatic rings. The predicted molar refractivity (Wildman–Crippen MR) is 89.4 cm³/mol. The smallest absolute Gasteiger partial charge is 0.330 e. The first-order valence-corrected chi connectivity index (χ1v) is 7.52. The molecule has 24 heavy (non-hydrogen) atoms. The van der Waals surface area contributed by atoms with Crippen LogP contribution in [0.2, 0.25) is 0 Å². The molecule has 0 bridgehead atoms. The molecule has 0 fully saturated rings. The molecule has 0 amide bonds. The molecule has 126 valence electrons. The van der Waals surface area contributed by atoms with E-state index in [1.54, 1.807) is 30.3 Å². The molecule has 0 atom stereocenters. The summed E-state index contributed by atoms with van der Waals surface area (Å²) in [6.45, 7) is 2.66. The zero-order chi connectivity index (χ0) is 17.4. The zero-order valence-electron chi connectivity index (χ0n) is 13.6. The number of carbonyl (C=O) groups excluding carboxylic acids is 1. The van der Waals surface area contributed by atoms with Crippen LogP contribution >= 0.6 is 0 Å². The summed E-state index contributed by atoms with van der Waals surface area (Å²) in [4.78, 5) is 11.2. The fourth-order valence-electron chi connectivity index (χ4n) is 1.99. The number of rotatable bonds is 7. The molecule has 0 N–H and O–H groups in total. The van der Waals surface area contributed by atoms with Crippen LogP contribution in [0.15, 0.2) is 48.5 Å². The molecular formula is C19H19FO4. The van der Waals surface area contributed by atoms with Crippen molar-refractivity contribution < 1.29 is 23.4 Å². The first kappa shape index (κ1) is 17.5. The summed E-state index contributed by atoms with van der Waals surface area (Å²) in [5, 5.41) is 0. The van der Waals surface area contributed by atoms with Crippen molar-refractivity contribution in [2.45, 2.75) is 13.5 Å². The van der Waals surface area contributed by atoms with Crippen molar-refractivity contribution in [3.05, 3.63) is 65.5 Å². The first-order valence-electron chi connectivity index (χ1n) is 7.52. The van der Waals surface area contributed by atoms with Gasteiger partial charge in [0.2, 0.25) is 0 Å². The molecule has 0 aliphatic rings. The van der Waals surface area contributed by atoms with Gasteiger partial charge in [0.25, 0.3) is 0 Å². The number of carbonyl (C=O) groups is 1. The third kappa shape index (κ3) is 5.12. The number of benzene rings is 2. The predicted octanol–water partition coefficient (Wildman–Crippen LogP) is 3.99. The molecule has 0 aromatic heterocycles. The molecule has 0 heterocycles. The van der Waals surface area contributed by atoms with Crippen molar-refractivity contribution in [2.75, 3.05) is 13.7 Å². The van der Waals surface area contributed by atoms with Gasteiger partial charge >= 0.3 is 5.97 Å². The third-order valence-electron chi connectivity index (χ3n) is 3.19. The fourth-order valence-corrected chi connectivity index (χ4v) is 1.99. The summed E-state index contributed by atoms with van der Waals surface area (Å²) in [7, 11) is 1.32. The third-order valence-corrected chi connectivity index (χ3v) is 3.19. The van der Waals surface area contributed by atoms with Gasteiger partial charge in [-0.15, -0.1) is 0 Å². The van der Waals surface area contributed by atoms with Crippen molar-refractivity contribution in [1.82, 2.24) is 0 Å². The standard InChI is InChI=1S/C19H19FO4/c1-3-23-18-12-14(7-11-19(21)22-2)6-10-17(18)24-13-15-4-8-16(20)9-5-15/h4-12H,3,13H2,1-2H3/b11-7+. The maximum absolute atomic E-state index is 12.9. The Morgan fingerprint density at radius 2 is 1.83 bits per heavy atom. The largest absolute Gasteiger partial charge is 0.490 e. The zero-order valence-corrected chi connectivity index (χ0v) is 13.6. The molecule has 0 saturated heterocycles. The van der Waals surface area contributed by atoms with Gasteiger partial charge in [0.15, 0.2) is 11.5 Å². The topological polar surface area (TPSA) is 44.8 Å². The molecule has 0 aliphatic heterocycles. The second kappa shape index (κ2) is 8.72. The summed E-state index contributed by atoms with van der Waals surface area (Å²) in [5.41, 5.74) is 1.64. The minimum absolute atomic E-state index is 0.282. The fraction of sp³-hybridized carbons (Fsp3) is 0.211. The first-order chi connectivity index (χ1) is 11.6. The van der Waals surface area contributed by atoms with Gasteiger partial charge in [-0.25, -0.2) is 9.18 Å². The minimum atomic E-state index is -0.426. The van der Waals surface area contributed by atoms with E-state index in [0.29, 0.717) is 24.7 Å². The Kier molecular flexibility index (Phi) is 6.37. The molecule has 2 rings (SSSR count). The number of ether oxygens (including phenoxy) is 3. The van der Waals surface area contributed by atoms with Gasteiger partial charge < -0.3 is 14.2 Å². The lowest BCUT2D eigenvalue weighted by molar-refractivity contribution is -0.134. The van der Waals surface area contributed by atoms with E-state index in [1.807, 2.05) is 13.0 Å². The number of methoxy groups -OCH3 is 1. The molecule has 0 spiro atoms. The number of hydrogen-bond acceptors (Lipinski definition) is 4. The number of hydrogen-bond donors (Lipinski definition) is 0. The van der Waals surface area contributed by atoms with E-state index < -0.39 is 5.97 Å². The second-order valence-corrected chi connectivity index (χ2v) is 4.91. The van der Waals surface area contributed by atoms with Crippen molar-refractivity contribution in [3.63, 3.8) is 0 Å². The molecule has 0 unspecified atom stereocenters. The Bertz CT molecular complexity index is 708. The van der Waals surface area contributed by atoms with E-state index in [2.05, 4.69) is 4.74 Å². The van der Waals surface area contributed by atoms with Gasteiger partial charge in [0, 0.05) is 6.08 Å². The Labute approximate surface area is 140 Å². The summed E-state index contributed by atoms with van der Waals surface area (Å²) >= 11 is 0. The summed E-state index contributed by atoms with van der Waals surface area (Å²) in [6.07, 6.45) is 2.97. The van der Waals surface area contributed by atoms with E-state index in [9.17, 15) is 9.18 Å². The van der Waals surface area contributed by atoms with Gasteiger partial charge in [0.1, 0.15) is 12.4 Å². The van der Waals surface area contributed by atoms with E-state index in [1.165, 1.54) is 25.3 Å². The van der Waals surface area contributed by atoms with Gasteiger partial charge in [0.05, 0.1) is 13.7 Å². The number of halogens is 1. The monoisotopic (exact) mass is 330 g/mol. The quantitative estimate of drug-likeness (QED) is 0.569. The molecule has 4 nitrogen and oxygen atoms in total. The van der Waals surface area contributed by atoms with Crippen LogP contribution in [0.3, 0.4) is 0 Å². The van der Waals surface area contributed by atoms with Gasteiger partial charge in [-0.2, -0.15) is 0 Å². The van der Waals surface area contributed by atoms with Crippen LogP contribution in [0.1, 0.15) is 18.1 Å². The molecule has 0 saturated carbocycles. The lowest BCUT2D eigenvalue weighted by Gasteiger charge is -2.12. The SMILES string of the molecule is CCOc1cc(/C=C/C(=O)OC)ccc1OCc1ccc(F)cc1. The highest BCUT2D eigenvalue weighted by Gasteiger charge is 2.07. The second-order valence-electron chi connectivity index (χ2n) is 4.91. The summed E-state index contributed by atoms with van der Waals surface area (Å²) < 4.78 is 28.8. The normalized spacial score (nSPS) is 10.6. The lowest BCUT2D eigenvalue weighted by Crippen LogP contribution is -2.00. The summed E-state index contributed by atoms with van der Waals surface area (Å²) in [6, 6.07) is 11.5. The highest BCUT2D eigenvalue weighted by Crippen LogP contribution is 2.29. The average Bonchev–Trinajstić information content (AvgIpc) is 2.60. The lowest BCUT2D eigenvalue weighted by atomic mass is 10.2. The van der Waals surface area contributed by atoms with Gasteiger partial charge in [-0.1, -0.05) is 18.2 Å². The minimum Gasteiger partial charge on any atom is -0.490 e. The van der Waals surface area contributed by atoms with Gasteiger partial charge in [-0.3, -0.25) is 0 Å². The van der Waals surface area contributed by atoms with Crippen molar-refractivity contribution in [3.8, 4) is 11.5 Å². The summed E-state index contributed by atoms with van der Waals surface area (Å²) in [5.74, 6) is 0.447. The van der Waals surface area contributed by atoms with Crippen LogP contribution in [-0.2, 0) is 16.1 Å². The van der Waals surface area contributed by atoms with Crippen LogP contribution in [0, 0.1) is 5.82 Å². The molecule has 0 aliphatic carbocycles. The Balaban J connectivity index is 2.12. The van der Waals surface area contributed by atoms with Crippen LogP contribution in [0.5, 0.6) is 11.5 Å². The van der Waals surface area contributed by atoms with Crippen LogP contribution < -0.4 is 9.47 Å². The maximum atomic E-state index is 12.9. The Morgan fingerprint density at radius 1 is 1.08 bits per heavy atom. The van der Waals surface area contributed by atoms with Crippen LogP contribution in [0.25, 0.3) is 6.08 Å². The van der Waals surface area contributed by atoms with E-state index in [4.69, 9.17) is 9.47 Å². The number of esters is 1. The Hall–Kier alpha value is -2.82. The highest BCUT2D eigenvalue weighted by molar-refractivity contribution is 5.87. The average molecular weight is 330 g/mol. The van der Waals surface area contributed by atoms with E-state index >= 15 is 0 Å². The molecule has 0 radical (unpaired) electrons. The van der Waals surface area contributed by atoms with E-state index in [-0.39, 0.29) is 5.82 Å². The van der Waals surface area contributed by atoms with Crippen molar-refractivity contribution in [1.29, 1.82) is 0 Å². The molecule has 5 heteroatoms. The molecular weight excluding hydrogens is 311 g/mol. The van der Waals surface area contributed by atoms with Crippen LogP contribution in [-0.4, -0.2) is 19.7 Å². The highest BCUT2D eigenvalue weighted by atomic mass is 19.1. The van der Waals surface area contributed by atoms with Gasteiger partial charge in [-0.05, 0) is 48.4 Å². The Morgan fingerprint density at radius 3 is 2.50 bits per heavy atom. The van der Waals surface area contributed by atoms with Crippen LogP contribution in [0.4, 0.5) is 4.39 Å². The van der Waals surface area contributed by atoms with Crippen molar-refractivity contribution in [2.24, 2.45) is 0 Å². The van der Waals surface area contributed by atoms with Crippen molar-refractivity contribution >= 4 is 12.0 Å². The van der Waals surface area contributed by atoms with E-state index in [0.717, 1.165) is 11.1 Å².